The molecule has 0 aliphatic rings. The molecule has 0 fully saturated rings. The van der Waals surface area contributed by atoms with E-state index in [-0.39, 0.29) is 0 Å². The molecular weight excluding hydrogens is 375 g/mol. The lowest BCUT2D eigenvalue weighted by atomic mass is 10.2. The highest BCUT2D eigenvalue weighted by atomic mass is 127. The molecule has 5 heteroatoms. The maximum absolute atomic E-state index is 5.59. The van der Waals surface area contributed by atoms with Gasteiger partial charge in [-0.25, -0.2) is 4.98 Å². The van der Waals surface area contributed by atoms with E-state index in [0.717, 1.165) is 15.0 Å². The minimum atomic E-state index is 0.584. The van der Waals surface area contributed by atoms with Crippen LogP contribution in [0.2, 0.25) is 0 Å². The van der Waals surface area contributed by atoms with Crippen molar-refractivity contribution in [3.8, 4) is 10.6 Å². The Labute approximate surface area is 108 Å². The summed E-state index contributed by atoms with van der Waals surface area (Å²) in [6.07, 6.45) is 0. The van der Waals surface area contributed by atoms with Crippen molar-refractivity contribution in [1.82, 2.24) is 4.98 Å². The van der Waals surface area contributed by atoms with Crippen LogP contribution in [-0.2, 0) is 0 Å². The number of halogens is 2. The van der Waals surface area contributed by atoms with Gasteiger partial charge in [-0.1, -0.05) is 15.9 Å². The zero-order valence-corrected chi connectivity index (χ0v) is 11.6. The third-order valence-corrected chi connectivity index (χ3v) is 4.01. The first-order chi connectivity index (χ1) is 6.66. The van der Waals surface area contributed by atoms with E-state index < -0.39 is 0 Å². The summed E-state index contributed by atoms with van der Waals surface area (Å²) in [4.78, 5) is 4.25. The monoisotopic (exact) mass is 380 g/mol. The molecule has 2 nitrogen and oxygen atoms in total. The highest BCUT2D eigenvalue weighted by Gasteiger charge is 2.07. The minimum Gasteiger partial charge on any atom is -0.383 e. The average Bonchev–Trinajstić information content (AvgIpc) is 2.56. The standard InChI is InChI=1S/C9H6BrIN2S/c10-5-1-2-7(11)6(3-5)9-13-8(12)4-14-9/h1-4H,12H2. The summed E-state index contributed by atoms with van der Waals surface area (Å²) in [7, 11) is 0. The van der Waals surface area contributed by atoms with Crippen molar-refractivity contribution < 1.29 is 0 Å². The lowest BCUT2D eigenvalue weighted by Gasteiger charge is -2.00. The second kappa shape index (κ2) is 4.16. The first-order valence-electron chi connectivity index (χ1n) is 3.83. The van der Waals surface area contributed by atoms with E-state index in [1.807, 2.05) is 11.4 Å². The van der Waals surface area contributed by atoms with Crippen LogP contribution in [0.15, 0.2) is 28.1 Å². The molecular formula is C9H6BrIN2S. The molecule has 0 aliphatic carbocycles. The molecule has 2 rings (SSSR count). The molecule has 0 bridgehead atoms. The Hall–Kier alpha value is -0.140. The molecule has 1 heterocycles. The normalized spacial score (nSPS) is 10.4. The van der Waals surface area contributed by atoms with Gasteiger partial charge in [-0.15, -0.1) is 11.3 Å². The van der Waals surface area contributed by atoms with E-state index in [9.17, 15) is 0 Å². The van der Waals surface area contributed by atoms with Crippen LogP contribution in [0.3, 0.4) is 0 Å². The summed E-state index contributed by atoms with van der Waals surface area (Å²) in [6.45, 7) is 0. The van der Waals surface area contributed by atoms with Gasteiger partial charge >= 0.3 is 0 Å². The summed E-state index contributed by atoms with van der Waals surface area (Å²) in [5, 5.41) is 2.82. The molecule has 1 aromatic carbocycles. The van der Waals surface area contributed by atoms with E-state index in [0.29, 0.717) is 5.82 Å². The van der Waals surface area contributed by atoms with Crippen LogP contribution in [0.5, 0.6) is 0 Å². The number of aromatic nitrogens is 1. The topological polar surface area (TPSA) is 38.9 Å². The van der Waals surface area contributed by atoms with Crippen molar-refractivity contribution in [2.45, 2.75) is 0 Å². The fraction of sp³-hybridized carbons (Fsp3) is 0. The third-order valence-electron chi connectivity index (χ3n) is 1.68. The number of hydrogen-bond acceptors (Lipinski definition) is 3. The second-order valence-corrected chi connectivity index (χ2v) is 5.64. The summed E-state index contributed by atoms with van der Waals surface area (Å²) in [5.41, 5.74) is 6.72. The molecule has 2 N–H and O–H groups in total. The smallest absolute Gasteiger partial charge is 0.135 e. The molecule has 2 aromatic rings. The van der Waals surface area contributed by atoms with Gasteiger partial charge in [-0.05, 0) is 40.8 Å². The van der Waals surface area contributed by atoms with Crippen molar-refractivity contribution >= 4 is 55.7 Å². The highest BCUT2D eigenvalue weighted by Crippen LogP contribution is 2.31. The van der Waals surface area contributed by atoms with Gasteiger partial charge in [0.25, 0.3) is 0 Å². The maximum Gasteiger partial charge on any atom is 0.135 e. The first-order valence-corrected chi connectivity index (χ1v) is 6.58. The van der Waals surface area contributed by atoms with Crippen molar-refractivity contribution in [1.29, 1.82) is 0 Å². The number of thiazole rings is 1. The SMILES string of the molecule is Nc1csc(-c2cc(Br)ccc2I)n1. The number of benzene rings is 1. The molecule has 72 valence electrons. The van der Waals surface area contributed by atoms with E-state index in [4.69, 9.17) is 5.73 Å². The number of anilines is 1. The zero-order chi connectivity index (χ0) is 10.1. The Bertz CT molecular complexity index is 470. The Kier molecular flexibility index (Phi) is 3.08. The summed E-state index contributed by atoms with van der Waals surface area (Å²) < 4.78 is 2.24. The third kappa shape index (κ3) is 2.09. The van der Waals surface area contributed by atoms with Crippen molar-refractivity contribution in [3.63, 3.8) is 0 Å². The average molecular weight is 381 g/mol. The molecule has 0 spiro atoms. The van der Waals surface area contributed by atoms with E-state index in [1.165, 1.54) is 3.57 Å². The van der Waals surface area contributed by atoms with Crippen molar-refractivity contribution in [2.75, 3.05) is 5.73 Å². The maximum atomic E-state index is 5.59. The van der Waals surface area contributed by atoms with Gasteiger partial charge in [0.15, 0.2) is 0 Å². The summed E-state index contributed by atoms with van der Waals surface area (Å²) in [6, 6.07) is 6.12. The van der Waals surface area contributed by atoms with Gasteiger partial charge in [0, 0.05) is 19.0 Å². The van der Waals surface area contributed by atoms with Gasteiger partial charge in [0.2, 0.25) is 0 Å². The van der Waals surface area contributed by atoms with Gasteiger partial charge in [-0.3, -0.25) is 0 Å². The zero-order valence-electron chi connectivity index (χ0n) is 7.00. The summed E-state index contributed by atoms with van der Waals surface area (Å²) in [5.74, 6) is 0.584. The first kappa shape index (κ1) is 10.4. The quantitative estimate of drug-likeness (QED) is 0.765. The number of nitrogens with two attached hydrogens (primary N) is 1. The van der Waals surface area contributed by atoms with Crippen LogP contribution in [0, 0.1) is 3.57 Å². The number of hydrogen-bond donors (Lipinski definition) is 1. The number of rotatable bonds is 1. The van der Waals surface area contributed by atoms with E-state index in [1.54, 1.807) is 11.3 Å². The molecule has 14 heavy (non-hydrogen) atoms. The molecule has 0 atom stereocenters. The van der Waals surface area contributed by atoms with E-state index >= 15 is 0 Å². The predicted molar refractivity (Wildman–Crippen MR) is 72.4 cm³/mol. The van der Waals surface area contributed by atoms with Crippen LogP contribution in [0.4, 0.5) is 5.82 Å². The van der Waals surface area contributed by atoms with E-state index in [2.05, 4.69) is 55.6 Å². The fourth-order valence-electron chi connectivity index (χ4n) is 1.07. The lowest BCUT2D eigenvalue weighted by molar-refractivity contribution is 1.40. The van der Waals surface area contributed by atoms with Gasteiger partial charge in [0.05, 0.1) is 0 Å². The van der Waals surface area contributed by atoms with Crippen LogP contribution in [0.25, 0.3) is 10.6 Å². The minimum absolute atomic E-state index is 0.584. The predicted octanol–water partition coefficient (Wildman–Crippen LogP) is 3.76. The Morgan fingerprint density at radius 2 is 2.21 bits per heavy atom. The number of nitrogen functional groups attached to an aromatic ring is 1. The molecule has 0 aliphatic heterocycles. The molecule has 0 radical (unpaired) electrons. The molecule has 1 aromatic heterocycles. The van der Waals surface area contributed by atoms with Gasteiger partial charge in [-0.2, -0.15) is 0 Å². The largest absolute Gasteiger partial charge is 0.383 e. The van der Waals surface area contributed by atoms with Crippen molar-refractivity contribution in [2.24, 2.45) is 0 Å². The van der Waals surface area contributed by atoms with Crippen LogP contribution < -0.4 is 5.73 Å². The van der Waals surface area contributed by atoms with Gasteiger partial charge in [0.1, 0.15) is 10.8 Å². The summed E-state index contributed by atoms with van der Waals surface area (Å²) >= 11 is 7.30. The second-order valence-electron chi connectivity index (χ2n) is 2.70. The molecule has 0 amide bonds. The van der Waals surface area contributed by atoms with Crippen LogP contribution in [-0.4, -0.2) is 4.98 Å². The highest BCUT2D eigenvalue weighted by molar-refractivity contribution is 14.1. The van der Waals surface area contributed by atoms with Crippen LogP contribution in [0.1, 0.15) is 0 Å². The molecule has 0 saturated carbocycles. The van der Waals surface area contributed by atoms with Crippen LogP contribution >= 0.6 is 49.9 Å². The lowest BCUT2D eigenvalue weighted by Crippen LogP contribution is -1.85. The Balaban J connectivity index is 2.55. The van der Waals surface area contributed by atoms with Crippen molar-refractivity contribution in [3.05, 3.63) is 31.6 Å². The fourth-order valence-corrected chi connectivity index (χ4v) is 2.95. The number of nitrogens with zero attached hydrogens (tertiary/aromatic N) is 1. The Morgan fingerprint density at radius 1 is 1.43 bits per heavy atom. The molecule has 0 unspecified atom stereocenters. The molecule has 0 saturated heterocycles. The van der Waals surface area contributed by atoms with Gasteiger partial charge < -0.3 is 5.73 Å². The Morgan fingerprint density at radius 3 is 2.86 bits per heavy atom.